The fourth-order valence-corrected chi connectivity index (χ4v) is 37.9. The van der Waals surface area contributed by atoms with E-state index in [-0.39, 0.29) is 24.8 Å². The monoisotopic (exact) mass is 746 g/mol. The van der Waals surface area contributed by atoms with Gasteiger partial charge in [-0.2, -0.15) is 0 Å². The molecule has 1 heterocycles. The summed E-state index contributed by atoms with van der Waals surface area (Å²) in [6.45, 7) is 0. The van der Waals surface area contributed by atoms with E-state index in [2.05, 4.69) is 84.9 Å². The maximum atomic E-state index is 2.76. The van der Waals surface area contributed by atoms with Gasteiger partial charge in [0, 0.05) is 0 Å². The molecule has 4 aromatic carbocycles. The van der Waals surface area contributed by atoms with E-state index in [9.17, 15) is 0 Å². The molecule has 0 amide bonds. The minimum atomic E-state index is -2.86. The molecule has 2 saturated carbocycles. The molecule has 0 spiro atoms. The molecule has 2 atom stereocenters. The van der Waals surface area contributed by atoms with E-state index < -0.39 is 20.0 Å². The Hall–Kier alpha value is -1.67. The van der Waals surface area contributed by atoms with Crippen LogP contribution >= 0.6 is 24.8 Å². The maximum absolute atomic E-state index is 2.86. The van der Waals surface area contributed by atoms with Crippen LogP contribution in [0.15, 0.2) is 83.9 Å². The Morgan fingerprint density at radius 3 is 1.32 bits per heavy atom. The molecule has 9 rings (SSSR count). The molecule has 0 aromatic heterocycles. The summed E-state index contributed by atoms with van der Waals surface area (Å²) in [5, 5.41) is 5.84. The fraction of sp³-hybridized carbons (Fsp3) is 0.368. The largest absolute Gasteiger partial charge is 0.147 e. The van der Waals surface area contributed by atoms with Crippen LogP contribution in [0.3, 0.4) is 0 Å². The summed E-state index contributed by atoms with van der Waals surface area (Å²) >= 11 is -2.86. The van der Waals surface area contributed by atoms with E-state index in [1.54, 1.807) is 30.6 Å². The zero-order valence-electron chi connectivity index (χ0n) is 23.8. The third-order valence-corrected chi connectivity index (χ3v) is 30.4. The van der Waals surface area contributed by atoms with Crippen LogP contribution in [0, 0.1) is 11.8 Å². The number of benzene rings is 4. The molecule has 5 aliphatic rings. The van der Waals surface area contributed by atoms with Gasteiger partial charge in [0.1, 0.15) is 0 Å². The molecule has 0 nitrogen and oxygen atoms in total. The molecule has 3 heteroatoms. The van der Waals surface area contributed by atoms with Gasteiger partial charge < -0.3 is 0 Å². The van der Waals surface area contributed by atoms with Gasteiger partial charge in [0.15, 0.2) is 0 Å². The van der Waals surface area contributed by atoms with Crippen LogP contribution in [0.5, 0.6) is 0 Å². The number of hydrogen-bond donors (Lipinski definition) is 0. The molecule has 210 valence electrons. The van der Waals surface area contributed by atoms with Gasteiger partial charge in [-0.3, -0.25) is 0 Å². The molecular formula is C38H40Cl2Hf. The molecule has 1 aliphatic heterocycles. The van der Waals surface area contributed by atoms with Crippen molar-refractivity contribution in [1.82, 2.24) is 0 Å². The molecule has 0 N–H and O–H groups in total. The Morgan fingerprint density at radius 2 is 0.902 bits per heavy atom. The van der Waals surface area contributed by atoms with Crippen molar-refractivity contribution in [1.29, 1.82) is 0 Å². The summed E-state index contributed by atoms with van der Waals surface area (Å²) in [5.41, 5.74) is 10.5. The third-order valence-electron chi connectivity index (χ3n) is 11.5. The van der Waals surface area contributed by atoms with Crippen molar-refractivity contribution in [3.8, 4) is 0 Å². The first-order chi connectivity index (χ1) is 19.3. The molecule has 0 radical (unpaired) electrons. The Bertz CT molecular complexity index is 1580. The number of rotatable bonds is 4. The summed E-state index contributed by atoms with van der Waals surface area (Å²) in [6, 6.07) is 28.5. The van der Waals surface area contributed by atoms with Crippen LogP contribution in [-0.4, -0.2) is 0 Å². The van der Waals surface area contributed by atoms with E-state index in [0.717, 1.165) is 19.2 Å². The topological polar surface area (TPSA) is 0 Å². The van der Waals surface area contributed by atoms with Crippen LogP contribution in [-0.2, 0) is 20.0 Å². The van der Waals surface area contributed by atoms with E-state index in [1.165, 1.54) is 72.9 Å². The average Bonchev–Trinajstić information content (AvgIpc) is 3.51. The van der Waals surface area contributed by atoms with Crippen LogP contribution in [0.1, 0.15) is 81.0 Å². The van der Waals surface area contributed by atoms with Crippen LogP contribution in [0.25, 0.3) is 33.7 Å². The van der Waals surface area contributed by atoms with Crippen molar-refractivity contribution in [2.24, 2.45) is 11.8 Å². The van der Waals surface area contributed by atoms with Crippen molar-refractivity contribution < 1.29 is 20.0 Å². The summed E-state index contributed by atoms with van der Waals surface area (Å²) in [4.78, 5) is 0. The second-order valence-corrected chi connectivity index (χ2v) is 30.0. The van der Waals surface area contributed by atoms with Crippen molar-refractivity contribution >= 4 is 58.5 Å². The Labute approximate surface area is 261 Å². The normalized spacial score (nSPS) is 24.5. The SMILES string of the molecule is C1=C(C2CCCC2)[CH]([Hf]2([CH]3C(C4CCCC4)=Cc4c3ccc3ccccc43)[CH2][CH2]2)c2ccc3ccccc3c21.Cl.Cl. The number of halogens is 2. The third kappa shape index (κ3) is 4.23. The molecule has 3 fully saturated rings. The quantitative estimate of drug-likeness (QED) is 0.183. The number of fused-ring (bicyclic) bond motifs is 6. The summed E-state index contributed by atoms with van der Waals surface area (Å²) < 4.78 is 4.78. The minimum absolute atomic E-state index is 0. The smallest absolute Gasteiger partial charge is 0.147 e. The Balaban J connectivity index is 0.00000138. The first-order valence-electron chi connectivity index (χ1n) is 15.8. The maximum Gasteiger partial charge on any atom is -0.147 e. The minimum Gasteiger partial charge on any atom is -0.147 e. The predicted octanol–water partition coefficient (Wildman–Crippen LogP) is 11.8. The average molecular weight is 746 g/mol. The standard InChI is InChI=1S/2C18H17.C2H4.2ClH.Hf/c2*1-2-6-13(5-1)16-11-15-10-9-14-7-3-4-8-17(14)18(15)12-16;1-2;;;/h2*3-4,7-13H,1-2,5-6H2;1-2H2;2*1H;. The zero-order valence-corrected chi connectivity index (χ0v) is 29.0. The first-order valence-corrected chi connectivity index (χ1v) is 25.0. The van der Waals surface area contributed by atoms with Crippen LogP contribution < -0.4 is 0 Å². The van der Waals surface area contributed by atoms with Gasteiger partial charge in [-0.15, -0.1) is 24.8 Å². The van der Waals surface area contributed by atoms with Crippen molar-refractivity contribution in [3.63, 3.8) is 0 Å². The predicted molar refractivity (Wildman–Crippen MR) is 177 cm³/mol. The van der Waals surface area contributed by atoms with E-state index in [4.69, 9.17) is 0 Å². The van der Waals surface area contributed by atoms with Gasteiger partial charge in [0.05, 0.1) is 0 Å². The van der Waals surface area contributed by atoms with E-state index in [1.807, 2.05) is 11.1 Å². The van der Waals surface area contributed by atoms with Gasteiger partial charge in [0.25, 0.3) is 0 Å². The van der Waals surface area contributed by atoms with Gasteiger partial charge in [-0.1, -0.05) is 0 Å². The van der Waals surface area contributed by atoms with Crippen molar-refractivity contribution in [3.05, 3.63) is 106 Å². The van der Waals surface area contributed by atoms with Gasteiger partial charge >= 0.3 is 239 Å². The molecular weight excluding hydrogens is 706 g/mol. The molecule has 4 aromatic rings. The Morgan fingerprint density at radius 1 is 0.488 bits per heavy atom. The van der Waals surface area contributed by atoms with Gasteiger partial charge in [-0.25, -0.2) is 0 Å². The van der Waals surface area contributed by atoms with Crippen LogP contribution in [0.4, 0.5) is 0 Å². The Kier molecular flexibility index (Phi) is 7.41. The second-order valence-electron chi connectivity index (χ2n) is 13.4. The summed E-state index contributed by atoms with van der Waals surface area (Å²) in [5.74, 6) is 1.66. The number of hydrogen-bond acceptors (Lipinski definition) is 0. The number of allylic oxidation sites excluding steroid dienone is 2. The van der Waals surface area contributed by atoms with Gasteiger partial charge in [0.2, 0.25) is 0 Å². The molecule has 1 saturated heterocycles. The fourth-order valence-electron chi connectivity index (χ4n) is 9.71. The van der Waals surface area contributed by atoms with Crippen molar-refractivity contribution in [2.45, 2.75) is 67.1 Å². The van der Waals surface area contributed by atoms with E-state index in [0.29, 0.717) is 0 Å². The molecule has 0 bridgehead atoms. The molecule has 4 aliphatic carbocycles. The van der Waals surface area contributed by atoms with Crippen LogP contribution in [0.2, 0.25) is 8.35 Å². The molecule has 2 unspecified atom stereocenters. The molecule has 41 heavy (non-hydrogen) atoms. The second kappa shape index (κ2) is 10.8. The summed E-state index contributed by atoms with van der Waals surface area (Å²) in [7, 11) is 0. The summed E-state index contributed by atoms with van der Waals surface area (Å²) in [6.07, 6.45) is 16.9. The first kappa shape index (κ1) is 28.1. The van der Waals surface area contributed by atoms with E-state index >= 15 is 0 Å². The van der Waals surface area contributed by atoms with Crippen molar-refractivity contribution in [2.75, 3.05) is 0 Å². The zero-order chi connectivity index (χ0) is 25.6. The van der Waals surface area contributed by atoms with Gasteiger partial charge in [-0.05, 0) is 0 Å².